The minimum Gasteiger partial charge on any atom is -0.459 e. The number of hydrogen-bond acceptors (Lipinski definition) is 2. The Balaban J connectivity index is 2.03. The maximum Gasteiger partial charge on any atom is 0.330 e. The van der Waals surface area contributed by atoms with Crippen molar-refractivity contribution in [2.45, 2.75) is 83.7 Å². The van der Waals surface area contributed by atoms with Gasteiger partial charge in [-0.05, 0) is 32.1 Å². The van der Waals surface area contributed by atoms with Crippen LogP contribution in [0.5, 0.6) is 0 Å². The Bertz CT molecular complexity index is 245. The number of esters is 1. The van der Waals surface area contributed by atoms with Crippen molar-refractivity contribution in [2.75, 3.05) is 0 Å². The van der Waals surface area contributed by atoms with Crippen molar-refractivity contribution in [3.63, 3.8) is 0 Å². The third-order valence-electron chi connectivity index (χ3n) is 3.56. The summed E-state index contributed by atoms with van der Waals surface area (Å²) in [4.78, 5) is 11.3. The van der Waals surface area contributed by atoms with Crippen LogP contribution in [0.4, 0.5) is 0 Å². The maximum absolute atomic E-state index is 11.3. The Kier molecular flexibility index (Phi) is 8.62. The van der Waals surface area contributed by atoms with Crippen LogP contribution in [0.15, 0.2) is 12.2 Å². The molecule has 0 aliphatic carbocycles. The molecular weight excluding hydrogens is 224 g/mol. The van der Waals surface area contributed by atoms with Crippen LogP contribution in [0, 0.1) is 0 Å². The fraction of sp³-hybridized carbons (Fsp3) is 0.812. The smallest absolute Gasteiger partial charge is 0.330 e. The number of carbonyl (C=O) groups excluding carboxylic acids is 1. The molecule has 0 amide bonds. The number of rotatable bonds is 8. The van der Waals surface area contributed by atoms with Gasteiger partial charge >= 0.3 is 5.97 Å². The lowest BCUT2D eigenvalue weighted by Crippen LogP contribution is -2.18. The minimum absolute atomic E-state index is 0.150. The lowest BCUT2D eigenvalue weighted by Gasteiger charge is -2.18. The van der Waals surface area contributed by atoms with Crippen LogP contribution in [-0.2, 0) is 9.53 Å². The van der Waals surface area contributed by atoms with Gasteiger partial charge < -0.3 is 4.74 Å². The molecule has 1 rings (SSSR count). The Hall–Kier alpha value is -0.790. The van der Waals surface area contributed by atoms with Crippen molar-refractivity contribution in [1.29, 1.82) is 0 Å². The van der Waals surface area contributed by atoms with Crippen LogP contribution >= 0.6 is 0 Å². The molecule has 0 aromatic carbocycles. The quantitative estimate of drug-likeness (QED) is 0.459. The molecule has 1 aliphatic heterocycles. The summed E-state index contributed by atoms with van der Waals surface area (Å²) in [6.07, 6.45) is 17.1. The lowest BCUT2D eigenvalue weighted by molar-refractivity contribution is -0.144. The van der Waals surface area contributed by atoms with E-state index in [1.54, 1.807) is 6.08 Å². The van der Waals surface area contributed by atoms with Gasteiger partial charge in [0.2, 0.25) is 0 Å². The zero-order valence-electron chi connectivity index (χ0n) is 11.8. The van der Waals surface area contributed by atoms with Crippen LogP contribution in [0.25, 0.3) is 0 Å². The fourth-order valence-corrected chi connectivity index (χ4v) is 2.44. The van der Waals surface area contributed by atoms with Crippen molar-refractivity contribution < 1.29 is 9.53 Å². The zero-order valence-corrected chi connectivity index (χ0v) is 11.8. The molecule has 0 saturated heterocycles. The molecule has 2 heteroatoms. The maximum atomic E-state index is 11.3. The number of ether oxygens (including phenoxy) is 1. The predicted molar refractivity (Wildman–Crippen MR) is 75.5 cm³/mol. The average molecular weight is 252 g/mol. The summed E-state index contributed by atoms with van der Waals surface area (Å²) in [6.45, 7) is 2.25. The first-order valence-electron chi connectivity index (χ1n) is 7.70. The van der Waals surface area contributed by atoms with Gasteiger partial charge in [-0.3, -0.25) is 0 Å². The molecule has 18 heavy (non-hydrogen) atoms. The Morgan fingerprint density at radius 2 is 1.89 bits per heavy atom. The molecule has 0 spiro atoms. The van der Waals surface area contributed by atoms with E-state index in [4.69, 9.17) is 4.74 Å². The molecule has 1 aliphatic rings. The van der Waals surface area contributed by atoms with Crippen LogP contribution in [0.1, 0.15) is 77.6 Å². The Morgan fingerprint density at radius 1 is 1.17 bits per heavy atom. The van der Waals surface area contributed by atoms with Gasteiger partial charge in [0.05, 0.1) is 0 Å². The number of carbonyl (C=O) groups is 1. The Morgan fingerprint density at radius 3 is 2.67 bits per heavy atom. The third kappa shape index (κ3) is 7.52. The summed E-state index contributed by atoms with van der Waals surface area (Å²) < 4.78 is 5.41. The number of allylic oxidation sites excluding steroid dienone is 1. The van der Waals surface area contributed by atoms with E-state index in [9.17, 15) is 4.79 Å². The molecule has 0 aromatic rings. The molecule has 2 nitrogen and oxygen atoms in total. The van der Waals surface area contributed by atoms with Gasteiger partial charge in [-0.1, -0.05) is 51.5 Å². The van der Waals surface area contributed by atoms with E-state index in [2.05, 4.69) is 6.92 Å². The summed E-state index contributed by atoms with van der Waals surface area (Å²) in [5, 5.41) is 0. The molecule has 0 radical (unpaired) electrons. The Labute approximate surface area is 112 Å². The molecule has 1 atom stereocenters. The largest absolute Gasteiger partial charge is 0.459 e. The molecule has 1 heterocycles. The highest BCUT2D eigenvalue weighted by Gasteiger charge is 2.13. The predicted octanol–water partition coefficient (Wildman–Crippen LogP) is 4.78. The van der Waals surface area contributed by atoms with Gasteiger partial charge in [-0.2, -0.15) is 0 Å². The monoisotopic (exact) mass is 252 g/mol. The highest BCUT2D eigenvalue weighted by Crippen LogP contribution is 2.17. The van der Waals surface area contributed by atoms with Crippen molar-refractivity contribution >= 4 is 5.97 Å². The summed E-state index contributed by atoms with van der Waals surface area (Å²) >= 11 is 0. The number of unbranched alkanes of at least 4 members (excludes halogenated alkanes) is 6. The van der Waals surface area contributed by atoms with E-state index in [-0.39, 0.29) is 12.1 Å². The van der Waals surface area contributed by atoms with Crippen LogP contribution < -0.4 is 0 Å². The van der Waals surface area contributed by atoms with Crippen molar-refractivity contribution in [2.24, 2.45) is 0 Å². The first-order chi connectivity index (χ1) is 8.83. The minimum atomic E-state index is -0.150. The van der Waals surface area contributed by atoms with E-state index in [1.165, 1.54) is 44.9 Å². The van der Waals surface area contributed by atoms with Gasteiger partial charge in [0.15, 0.2) is 0 Å². The molecular formula is C16H28O2. The first kappa shape index (κ1) is 15.3. The highest BCUT2D eigenvalue weighted by molar-refractivity contribution is 5.82. The fourth-order valence-electron chi connectivity index (χ4n) is 2.44. The summed E-state index contributed by atoms with van der Waals surface area (Å²) in [5.74, 6) is -0.150. The molecule has 0 aromatic heterocycles. The second-order valence-electron chi connectivity index (χ2n) is 5.30. The normalized spacial score (nSPS) is 20.3. The van der Waals surface area contributed by atoms with Crippen molar-refractivity contribution in [3.05, 3.63) is 12.2 Å². The number of hydrogen-bond donors (Lipinski definition) is 0. The standard InChI is InChI=1S/C16H28O2/c1-2-3-4-5-6-7-9-12-15-13-10-8-11-14-16(17)18-15/h11,14-15H,2-10,12-13H2,1H3. The van der Waals surface area contributed by atoms with Gasteiger partial charge in [0, 0.05) is 6.08 Å². The third-order valence-corrected chi connectivity index (χ3v) is 3.56. The molecule has 104 valence electrons. The molecule has 0 saturated carbocycles. The highest BCUT2D eigenvalue weighted by atomic mass is 16.5. The first-order valence-corrected chi connectivity index (χ1v) is 7.70. The van der Waals surface area contributed by atoms with Crippen LogP contribution in [-0.4, -0.2) is 12.1 Å². The van der Waals surface area contributed by atoms with E-state index >= 15 is 0 Å². The average Bonchev–Trinajstić information content (AvgIpc) is 2.34. The van der Waals surface area contributed by atoms with Crippen molar-refractivity contribution in [3.8, 4) is 0 Å². The topological polar surface area (TPSA) is 26.3 Å². The van der Waals surface area contributed by atoms with Gasteiger partial charge in [-0.25, -0.2) is 4.79 Å². The second-order valence-corrected chi connectivity index (χ2v) is 5.30. The van der Waals surface area contributed by atoms with Gasteiger partial charge in [0.25, 0.3) is 0 Å². The van der Waals surface area contributed by atoms with E-state index in [0.717, 1.165) is 25.7 Å². The molecule has 1 unspecified atom stereocenters. The van der Waals surface area contributed by atoms with Crippen LogP contribution in [0.2, 0.25) is 0 Å². The van der Waals surface area contributed by atoms with Crippen molar-refractivity contribution in [1.82, 2.24) is 0 Å². The molecule has 0 bridgehead atoms. The summed E-state index contributed by atoms with van der Waals surface area (Å²) in [6, 6.07) is 0. The van der Waals surface area contributed by atoms with Crippen LogP contribution in [0.3, 0.4) is 0 Å². The summed E-state index contributed by atoms with van der Waals surface area (Å²) in [5.41, 5.74) is 0. The van der Waals surface area contributed by atoms with Gasteiger partial charge in [0.1, 0.15) is 6.10 Å². The summed E-state index contributed by atoms with van der Waals surface area (Å²) in [7, 11) is 0. The van der Waals surface area contributed by atoms with E-state index in [0.29, 0.717) is 0 Å². The molecule has 0 fully saturated rings. The molecule has 0 N–H and O–H groups in total. The zero-order chi connectivity index (χ0) is 13.1. The number of cyclic esters (lactones) is 1. The van der Waals surface area contributed by atoms with E-state index < -0.39 is 0 Å². The van der Waals surface area contributed by atoms with E-state index in [1.807, 2.05) is 6.08 Å². The lowest BCUT2D eigenvalue weighted by atomic mass is 10.0. The second kappa shape index (κ2) is 10.2. The van der Waals surface area contributed by atoms with Gasteiger partial charge in [-0.15, -0.1) is 0 Å². The SMILES string of the molecule is CCCCCCCCCC1CCCC=CC(=O)O1.